The fourth-order valence-electron chi connectivity index (χ4n) is 3.33. The van der Waals surface area contributed by atoms with Gasteiger partial charge in [0, 0.05) is 13.1 Å². The van der Waals surface area contributed by atoms with Crippen molar-refractivity contribution >= 4 is 19.9 Å². The van der Waals surface area contributed by atoms with Crippen molar-refractivity contribution in [2.75, 3.05) is 26.0 Å². The third-order valence-corrected chi connectivity index (χ3v) is 8.85. The van der Waals surface area contributed by atoms with Crippen molar-refractivity contribution in [1.29, 1.82) is 0 Å². The van der Waals surface area contributed by atoms with E-state index in [0.717, 1.165) is 5.56 Å². The van der Waals surface area contributed by atoms with Gasteiger partial charge in [0.2, 0.25) is 10.0 Å². The Morgan fingerprint density at radius 3 is 2.44 bits per heavy atom. The maximum absolute atomic E-state index is 13.2. The van der Waals surface area contributed by atoms with Crippen LogP contribution < -0.4 is 4.74 Å². The molecule has 1 fully saturated rings. The van der Waals surface area contributed by atoms with Crippen molar-refractivity contribution in [2.24, 2.45) is 0 Å². The molecule has 0 radical (unpaired) electrons. The maximum Gasteiger partial charge on any atom is 0.246 e. The molecule has 1 heterocycles. The minimum atomic E-state index is -3.86. The SMILES string of the molecule is COc1ccc(C)cc1S(=O)(=O)N1CCC(c2ccccc2)S(=O)(=O)CC1. The van der Waals surface area contributed by atoms with E-state index in [1.165, 1.54) is 11.4 Å². The molecule has 0 saturated carbocycles. The average molecular weight is 410 g/mol. The molecule has 1 saturated heterocycles. The minimum Gasteiger partial charge on any atom is -0.495 e. The lowest BCUT2D eigenvalue weighted by Crippen LogP contribution is -2.34. The van der Waals surface area contributed by atoms with Gasteiger partial charge in [-0.1, -0.05) is 36.4 Å². The van der Waals surface area contributed by atoms with Gasteiger partial charge in [0.25, 0.3) is 0 Å². The second-order valence-corrected chi connectivity index (χ2v) is 10.8. The van der Waals surface area contributed by atoms with Crippen molar-refractivity contribution in [3.05, 3.63) is 59.7 Å². The lowest BCUT2D eigenvalue weighted by atomic mass is 10.1. The van der Waals surface area contributed by atoms with E-state index in [4.69, 9.17) is 4.74 Å². The quantitative estimate of drug-likeness (QED) is 0.775. The van der Waals surface area contributed by atoms with Crippen LogP contribution in [0, 0.1) is 6.92 Å². The van der Waals surface area contributed by atoms with Crippen LogP contribution >= 0.6 is 0 Å². The monoisotopic (exact) mass is 409 g/mol. The molecular formula is C19H23NO5S2. The van der Waals surface area contributed by atoms with Gasteiger partial charge in [-0.2, -0.15) is 4.31 Å². The van der Waals surface area contributed by atoms with Crippen LogP contribution in [0.15, 0.2) is 53.4 Å². The van der Waals surface area contributed by atoms with Crippen molar-refractivity contribution in [1.82, 2.24) is 4.31 Å². The van der Waals surface area contributed by atoms with Gasteiger partial charge in [-0.3, -0.25) is 0 Å². The number of benzene rings is 2. The van der Waals surface area contributed by atoms with E-state index < -0.39 is 25.1 Å². The Morgan fingerprint density at radius 1 is 1.07 bits per heavy atom. The summed E-state index contributed by atoms with van der Waals surface area (Å²) < 4.78 is 58.3. The Balaban J connectivity index is 1.95. The van der Waals surface area contributed by atoms with Crippen LogP contribution in [0.1, 0.15) is 22.8 Å². The predicted molar refractivity (Wildman–Crippen MR) is 104 cm³/mol. The van der Waals surface area contributed by atoms with Crippen LogP contribution in [-0.2, 0) is 19.9 Å². The summed E-state index contributed by atoms with van der Waals surface area (Å²) in [5, 5.41) is -0.696. The summed E-state index contributed by atoms with van der Waals surface area (Å²) in [7, 11) is -5.89. The summed E-state index contributed by atoms with van der Waals surface area (Å²) in [6.45, 7) is 1.88. The average Bonchev–Trinajstić information content (AvgIpc) is 2.80. The zero-order chi connectivity index (χ0) is 19.7. The van der Waals surface area contributed by atoms with Gasteiger partial charge in [-0.25, -0.2) is 16.8 Å². The van der Waals surface area contributed by atoms with Gasteiger partial charge in [0.15, 0.2) is 9.84 Å². The van der Waals surface area contributed by atoms with Gasteiger partial charge in [0.1, 0.15) is 10.6 Å². The normalized spacial score (nSPS) is 20.7. The highest BCUT2D eigenvalue weighted by molar-refractivity contribution is 7.92. The van der Waals surface area contributed by atoms with Crippen molar-refractivity contribution in [2.45, 2.75) is 23.5 Å². The minimum absolute atomic E-state index is 0.0644. The number of sulfonamides is 1. The number of hydrogen-bond donors (Lipinski definition) is 0. The number of aryl methyl sites for hydroxylation is 1. The zero-order valence-electron chi connectivity index (χ0n) is 15.3. The van der Waals surface area contributed by atoms with E-state index in [9.17, 15) is 16.8 Å². The number of ether oxygens (including phenoxy) is 1. The molecule has 1 aliphatic heterocycles. The van der Waals surface area contributed by atoms with Crippen LogP contribution in [0.5, 0.6) is 5.75 Å². The molecule has 0 spiro atoms. The van der Waals surface area contributed by atoms with E-state index in [-0.39, 0.29) is 35.9 Å². The van der Waals surface area contributed by atoms with E-state index >= 15 is 0 Å². The third-order valence-electron chi connectivity index (χ3n) is 4.81. The van der Waals surface area contributed by atoms with Crippen LogP contribution in [-0.4, -0.2) is 47.1 Å². The maximum atomic E-state index is 13.2. The number of rotatable bonds is 4. The van der Waals surface area contributed by atoms with E-state index in [1.807, 2.05) is 6.07 Å². The van der Waals surface area contributed by atoms with Crippen LogP contribution in [0.4, 0.5) is 0 Å². The number of nitrogens with zero attached hydrogens (tertiary/aromatic N) is 1. The fraction of sp³-hybridized carbons (Fsp3) is 0.368. The predicted octanol–water partition coefficient (Wildman–Crippen LogP) is 2.55. The first-order valence-electron chi connectivity index (χ1n) is 8.67. The molecule has 8 heteroatoms. The van der Waals surface area contributed by atoms with Crippen LogP contribution in [0.2, 0.25) is 0 Å². The van der Waals surface area contributed by atoms with Gasteiger partial charge in [-0.15, -0.1) is 0 Å². The zero-order valence-corrected chi connectivity index (χ0v) is 17.0. The first-order chi connectivity index (χ1) is 12.8. The molecular weight excluding hydrogens is 386 g/mol. The fourth-order valence-corrected chi connectivity index (χ4v) is 6.94. The summed E-state index contributed by atoms with van der Waals surface area (Å²) in [5.41, 5.74) is 1.49. The molecule has 0 aliphatic carbocycles. The number of sulfone groups is 1. The van der Waals surface area contributed by atoms with Crippen LogP contribution in [0.25, 0.3) is 0 Å². The lowest BCUT2D eigenvalue weighted by molar-refractivity contribution is 0.392. The van der Waals surface area contributed by atoms with Crippen molar-refractivity contribution < 1.29 is 21.6 Å². The summed E-state index contributed by atoms with van der Waals surface area (Å²) in [5.74, 6) is 0.0484. The van der Waals surface area contributed by atoms with Gasteiger partial charge in [0.05, 0.1) is 18.1 Å². The highest BCUT2D eigenvalue weighted by atomic mass is 32.2. The molecule has 2 aromatic rings. The van der Waals surface area contributed by atoms with Crippen molar-refractivity contribution in [3.8, 4) is 5.75 Å². The largest absolute Gasteiger partial charge is 0.495 e. The van der Waals surface area contributed by atoms with Gasteiger partial charge < -0.3 is 4.74 Å². The Hall–Kier alpha value is -1.90. The summed E-state index contributed by atoms with van der Waals surface area (Å²) in [6.07, 6.45) is 0.222. The molecule has 2 aromatic carbocycles. The van der Waals surface area contributed by atoms with E-state index in [1.54, 1.807) is 49.4 Å². The molecule has 146 valence electrons. The first-order valence-corrected chi connectivity index (χ1v) is 11.8. The molecule has 0 aromatic heterocycles. The molecule has 27 heavy (non-hydrogen) atoms. The molecule has 0 bridgehead atoms. The molecule has 0 N–H and O–H groups in total. The van der Waals surface area contributed by atoms with E-state index in [0.29, 0.717) is 5.56 Å². The summed E-state index contributed by atoms with van der Waals surface area (Å²) >= 11 is 0. The van der Waals surface area contributed by atoms with Gasteiger partial charge in [-0.05, 0) is 36.6 Å². The van der Waals surface area contributed by atoms with E-state index in [2.05, 4.69) is 0 Å². The molecule has 0 amide bonds. The highest BCUT2D eigenvalue weighted by Crippen LogP contribution is 2.33. The molecule has 3 rings (SSSR count). The van der Waals surface area contributed by atoms with Crippen LogP contribution in [0.3, 0.4) is 0 Å². The Labute approximate surface area is 160 Å². The number of hydrogen-bond acceptors (Lipinski definition) is 5. The third kappa shape index (κ3) is 4.02. The Kier molecular flexibility index (Phi) is 5.60. The standard InChI is InChI=1S/C19H23NO5S2/c1-15-8-9-17(25-2)19(14-15)27(23,24)20-11-10-18(26(21,22)13-12-20)16-6-4-3-5-7-16/h3-9,14,18H,10-13H2,1-2H3. The number of methoxy groups -OCH3 is 1. The second kappa shape index (κ2) is 7.61. The lowest BCUT2D eigenvalue weighted by Gasteiger charge is -2.21. The molecule has 6 nitrogen and oxygen atoms in total. The molecule has 1 aliphatic rings. The van der Waals surface area contributed by atoms with Crippen molar-refractivity contribution in [3.63, 3.8) is 0 Å². The second-order valence-electron chi connectivity index (χ2n) is 6.61. The molecule has 1 unspecified atom stereocenters. The topological polar surface area (TPSA) is 80.8 Å². The molecule has 1 atom stereocenters. The Bertz CT molecular complexity index is 1020. The Morgan fingerprint density at radius 2 is 1.78 bits per heavy atom. The summed E-state index contributed by atoms with van der Waals surface area (Å²) in [4.78, 5) is 0.0700. The smallest absolute Gasteiger partial charge is 0.246 e. The van der Waals surface area contributed by atoms with Gasteiger partial charge >= 0.3 is 0 Å². The first kappa shape index (κ1) is 19.9. The summed E-state index contributed by atoms with van der Waals surface area (Å²) in [6, 6.07) is 13.9. The highest BCUT2D eigenvalue weighted by Gasteiger charge is 2.36.